The quantitative estimate of drug-likeness (QED) is 0.183. The van der Waals surface area contributed by atoms with E-state index in [-0.39, 0.29) is 17.3 Å². The van der Waals surface area contributed by atoms with Crippen molar-refractivity contribution in [2.75, 3.05) is 0 Å². The second-order valence-corrected chi connectivity index (χ2v) is 17.2. The van der Waals surface area contributed by atoms with Crippen LogP contribution in [-0.4, -0.2) is 11.0 Å². The molecule has 1 aromatic heterocycles. The first-order chi connectivity index (χ1) is 21.2. The summed E-state index contributed by atoms with van der Waals surface area (Å²) < 4.78 is 12.3. The van der Waals surface area contributed by atoms with Gasteiger partial charge in [0.1, 0.15) is 11.5 Å². The van der Waals surface area contributed by atoms with E-state index in [4.69, 9.17) is 8.94 Å². The third-order valence-corrected chi connectivity index (χ3v) is 14.3. The van der Waals surface area contributed by atoms with Gasteiger partial charge >= 0.3 is 0 Å². The van der Waals surface area contributed by atoms with Crippen molar-refractivity contribution in [3.63, 3.8) is 0 Å². The summed E-state index contributed by atoms with van der Waals surface area (Å²) in [5.74, 6) is 5.51. The summed E-state index contributed by atoms with van der Waals surface area (Å²) in [6.45, 7) is 13.3. The summed E-state index contributed by atoms with van der Waals surface area (Å²) >= 11 is 0. The third-order valence-electron chi connectivity index (χ3n) is 12.9. The van der Waals surface area contributed by atoms with E-state index < -0.39 is 8.38 Å². The molecule has 0 spiro atoms. The lowest BCUT2D eigenvalue weighted by molar-refractivity contribution is -0.0559. The molecule has 2 unspecified atom stereocenters. The zero-order chi connectivity index (χ0) is 30.9. The average molecular weight is 620 g/mol. The highest BCUT2D eigenvalue weighted by molar-refractivity contribution is 7.46. The Kier molecular flexibility index (Phi) is 10.1. The van der Waals surface area contributed by atoms with Crippen LogP contribution in [0.1, 0.15) is 122 Å². The van der Waals surface area contributed by atoms with E-state index in [1.165, 1.54) is 63.4 Å². The number of allylic oxidation sites excluding steroid dienone is 1. The van der Waals surface area contributed by atoms with Gasteiger partial charge in [0.15, 0.2) is 8.38 Å². The van der Waals surface area contributed by atoms with Crippen LogP contribution in [0.5, 0.6) is 0 Å². The minimum Gasteiger partial charge on any atom is -0.467 e. The molecule has 44 heavy (non-hydrogen) atoms. The predicted octanol–water partition coefficient (Wildman–Crippen LogP) is 10.8. The van der Waals surface area contributed by atoms with E-state index in [1.54, 1.807) is 11.8 Å². The number of benzene rings is 1. The van der Waals surface area contributed by atoms with Gasteiger partial charge in [0.2, 0.25) is 0 Å². The molecule has 1 heterocycles. The van der Waals surface area contributed by atoms with Crippen molar-refractivity contribution in [3.05, 3.63) is 71.7 Å². The second-order valence-electron chi connectivity index (χ2n) is 15.8. The highest BCUT2D eigenvalue weighted by Crippen LogP contribution is 2.67. The molecule has 242 valence electrons. The molecular formula is C39H58NO3P. The van der Waals surface area contributed by atoms with Crippen molar-refractivity contribution in [1.82, 2.24) is 5.32 Å². The highest BCUT2D eigenvalue weighted by Gasteiger charge is 2.59. The Balaban J connectivity index is 1.10. The first-order valence-electron chi connectivity index (χ1n) is 17.8. The Hall–Kier alpha value is -1.45. The van der Waals surface area contributed by atoms with Crippen LogP contribution in [0, 0.1) is 46.3 Å². The van der Waals surface area contributed by atoms with Gasteiger partial charge in [-0.25, -0.2) is 0 Å². The molecule has 6 rings (SSSR count). The topological polar surface area (TPSA) is 54.6 Å². The van der Waals surface area contributed by atoms with Crippen molar-refractivity contribution in [2.45, 2.75) is 124 Å². The van der Waals surface area contributed by atoms with Crippen molar-refractivity contribution in [3.8, 4) is 0 Å². The number of fused-ring (bicyclic) bond motifs is 5. The van der Waals surface area contributed by atoms with Crippen LogP contribution >= 0.6 is 8.38 Å². The fourth-order valence-electron chi connectivity index (χ4n) is 10.5. The molecule has 5 heteroatoms. The van der Waals surface area contributed by atoms with Crippen molar-refractivity contribution in [1.29, 1.82) is 0 Å². The Morgan fingerprint density at radius 2 is 1.80 bits per heavy atom. The minimum atomic E-state index is -1.74. The molecule has 0 aliphatic heterocycles. The predicted molar refractivity (Wildman–Crippen MR) is 182 cm³/mol. The molecular weight excluding hydrogens is 561 g/mol. The molecule has 3 fully saturated rings. The first kappa shape index (κ1) is 32.5. The second kappa shape index (κ2) is 13.7. The summed E-state index contributed by atoms with van der Waals surface area (Å²) in [7, 11) is -1.74. The summed E-state index contributed by atoms with van der Waals surface area (Å²) in [4.78, 5) is 11.4. The monoisotopic (exact) mass is 619 g/mol. The number of furan rings is 1. The van der Waals surface area contributed by atoms with Crippen LogP contribution in [0.4, 0.5) is 0 Å². The van der Waals surface area contributed by atoms with E-state index in [0.717, 1.165) is 54.1 Å². The van der Waals surface area contributed by atoms with Gasteiger partial charge in [-0.3, -0.25) is 5.32 Å². The van der Waals surface area contributed by atoms with Gasteiger partial charge in [0, 0.05) is 6.54 Å². The van der Waals surface area contributed by atoms with E-state index in [1.807, 2.05) is 30.3 Å². The van der Waals surface area contributed by atoms with E-state index in [9.17, 15) is 4.89 Å². The maximum atomic E-state index is 11.4. The Morgan fingerprint density at radius 3 is 2.55 bits per heavy atom. The summed E-state index contributed by atoms with van der Waals surface area (Å²) in [5, 5.41) is 3.53. The summed E-state index contributed by atoms with van der Waals surface area (Å²) in [6.07, 6.45) is 18.7. The lowest BCUT2D eigenvalue weighted by atomic mass is 9.47. The molecule has 4 aliphatic rings. The standard InChI is InChI=1S/C39H58NO3P/c1-27(2)11-9-12-28(3)33-18-19-34-32-17-16-30-25-31(20-22-38(30,4)35(32)21-23-39(33,34)5)43-44(41)37(36-15-10-24-42-36)40-26-29-13-7-6-8-14-29/h6-8,10,13-16,24,27-28,31-35,37,40-41H,9,11-12,17-23,25-26H2,1-5H3/t28-,31+,32+,33-,34+,35+,37?,38+,39-,44?/m1/s1. The largest absolute Gasteiger partial charge is 0.467 e. The molecule has 3 saturated carbocycles. The molecule has 0 amide bonds. The smallest absolute Gasteiger partial charge is 0.194 e. The number of nitrogens with one attached hydrogen (secondary N) is 1. The van der Waals surface area contributed by atoms with E-state index in [2.05, 4.69) is 58.1 Å². The fourth-order valence-corrected chi connectivity index (χ4v) is 11.7. The van der Waals surface area contributed by atoms with Crippen LogP contribution in [0.15, 0.2) is 64.8 Å². The molecule has 1 aromatic carbocycles. The average Bonchev–Trinajstić information content (AvgIpc) is 3.66. The van der Waals surface area contributed by atoms with Crippen LogP contribution in [0.25, 0.3) is 0 Å². The van der Waals surface area contributed by atoms with Crippen molar-refractivity contribution < 1.29 is 13.8 Å². The minimum absolute atomic E-state index is 0.0642. The normalized spacial score (nSPS) is 35.3. The van der Waals surface area contributed by atoms with Gasteiger partial charge in [0.25, 0.3) is 0 Å². The lowest BCUT2D eigenvalue weighted by Crippen LogP contribution is -2.51. The van der Waals surface area contributed by atoms with Crippen molar-refractivity contribution in [2.24, 2.45) is 46.3 Å². The fraction of sp³-hybridized carbons (Fsp3) is 0.692. The van der Waals surface area contributed by atoms with Crippen molar-refractivity contribution >= 4 is 8.38 Å². The third kappa shape index (κ3) is 6.53. The molecule has 0 bridgehead atoms. The maximum Gasteiger partial charge on any atom is 0.194 e. The summed E-state index contributed by atoms with van der Waals surface area (Å²) in [5.41, 5.74) is 3.61. The number of hydrogen-bond donors (Lipinski definition) is 2. The summed E-state index contributed by atoms with van der Waals surface area (Å²) in [6, 6.07) is 14.2. The Morgan fingerprint density at radius 1 is 0.977 bits per heavy atom. The zero-order valence-electron chi connectivity index (χ0n) is 28.0. The van der Waals surface area contributed by atoms with Gasteiger partial charge in [-0.1, -0.05) is 95.9 Å². The number of rotatable bonds is 12. The SMILES string of the molecule is CC(C)CCC[C@@H](C)[C@H]1CC[C@H]2[C@@H]3CC=C4C[C@@H](OP(O)C(NCc5ccccc5)c5ccco5)CC[C@]4(C)[C@H]3CC[C@]12C. The lowest BCUT2D eigenvalue weighted by Gasteiger charge is -2.58. The molecule has 0 radical (unpaired) electrons. The van der Waals surface area contributed by atoms with Gasteiger partial charge in [-0.2, -0.15) is 0 Å². The van der Waals surface area contributed by atoms with Crippen LogP contribution in [-0.2, 0) is 11.1 Å². The van der Waals surface area contributed by atoms with E-state index >= 15 is 0 Å². The maximum absolute atomic E-state index is 11.4. The zero-order valence-corrected chi connectivity index (χ0v) is 28.9. The molecule has 2 aromatic rings. The number of hydrogen-bond acceptors (Lipinski definition) is 4. The molecule has 0 saturated heterocycles. The Bertz CT molecular complexity index is 1230. The first-order valence-corrected chi connectivity index (χ1v) is 19.1. The molecule has 4 aliphatic carbocycles. The van der Waals surface area contributed by atoms with Crippen LogP contribution < -0.4 is 5.32 Å². The van der Waals surface area contributed by atoms with Gasteiger partial charge in [-0.05, 0) is 115 Å². The molecule has 2 N–H and O–H groups in total. The molecule has 10 atom stereocenters. The van der Waals surface area contributed by atoms with Gasteiger partial charge < -0.3 is 13.8 Å². The van der Waals surface area contributed by atoms with E-state index in [0.29, 0.717) is 12.0 Å². The van der Waals surface area contributed by atoms with Crippen LogP contribution in [0.3, 0.4) is 0 Å². The van der Waals surface area contributed by atoms with Gasteiger partial charge in [-0.15, -0.1) is 0 Å². The Labute approximate surface area is 268 Å². The van der Waals surface area contributed by atoms with Crippen LogP contribution in [0.2, 0.25) is 0 Å². The van der Waals surface area contributed by atoms with Gasteiger partial charge in [0.05, 0.1) is 12.4 Å². The highest BCUT2D eigenvalue weighted by atomic mass is 31.2. The molecule has 4 nitrogen and oxygen atoms in total.